The number of hydrogen-bond donors (Lipinski definition) is 2. The van der Waals surface area contributed by atoms with Crippen molar-refractivity contribution in [1.82, 2.24) is 10.6 Å². The summed E-state index contributed by atoms with van der Waals surface area (Å²) in [6.45, 7) is 3.72. The third-order valence-corrected chi connectivity index (χ3v) is 5.37. The van der Waals surface area contributed by atoms with Crippen LogP contribution in [0.5, 0.6) is 0 Å². The van der Waals surface area contributed by atoms with Gasteiger partial charge in [-0.05, 0) is 50.1 Å². The van der Waals surface area contributed by atoms with Gasteiger partial charge in [-0.2, -0.15) is 11.8 Å². The van der Waals surface area contributed by atoms with Gasteiger partial charge in [0, 0.05) is 37.6 Å². The predicted octanol–water partition coefficient (Wildman–Crippen LogP) is 3.09. The fourth-order valence-corrected chi connectivity index (χ4v) is 3.67. The van der Waals surface area contributed by atoms with Crippen LogP contribution in [-0.4, -0.2) is 44.1 Å². The first-order valence-corrected chi connectivity index (χ1v) is 9.75. The van der Waals surface area contributed by atoms with Crippen LogP contribution in [-0.2, 0) is 6.54 Å². The van der Waals surface area contributed by atoms with Gasteiger partial charge in [-0.15, -0.1) is 0 Å². The summed E-state index contributed by atoms with van der Waals surface area (Å²) in [7, 11) is 4.12. The third kappa shape index (κ3) is 5.65. The lowest BCUT2D eigenvalue weighted by molar-refractivity contribution is 0.615. The summed E-state index contributed by atoms with van der Waals surface area (Å²) in [4.78, 5) is 6.86. The second kappa shape index (κ2) is 9.06. The minimum absolute atomic E-state index is 0.557. The topological polar surface area (TPSA) is 39.7 Å². The van der Waals surface area contributed by atoms with Crippen LogP contribution in [0, 0.1) is 0 Å². The van der Waals surface area contributed by atoms with E-state index in [1.807, 2.05) is 11.8 Å². The molecule has 2 rings (SSSR count). The van der Waals surface area contributed by atoms with Crippen molar-refractivity contribution in [2.45, 2.75) is 44.0 Å². The Hall–Kier alpha value is -1.36. The van der Waals surface area contributed by atoms with Crippen molar-refractivity contribution in [2.24, 2.45) is 4.99 Å². The Morgan fingerprint density at radius 3 is 2.57 bits per heavy atom. The van der Waals surface area contributed by atoms with Crippen LogP contribution in [0.25, 0.3) is 0 Å². The largest absolute Gasteiger partial charge is 0.378 e. The summed E-state index contributed by atoms with van der Waals surface area (Å²) in [5.41, 5.74) is 2.46. The molecule has 128 valence electrons. The van der Waals surface area contributed by atoms with Gasteiger partial charge in [0.05, 0.1) is 6.54 Å². The Balaban J connectivity index is 1.92. The summed E-state index contributed by atoms with van der Waals surface area (Å²) in [6, 6.07) is 9.15. The first kappa shape index (κ1) is 18.0. The standard InChI is InChI=1S/C18H30N4S/c1-5-19-18(21-15-8-11-17(12-15)23-4)20-13-14-6-9-16(10-7-14)22(2)3/h6-7,9-10,15,17H,5,8,11-13H2,1-4H3,(H2,19,20,21). The Bertz CT molecular complexity index is 498. The van der Waals surface area contributed by atoms with Gasteiger partial charge in [-0.3, -0.25) is 0 Å². The zero-order valence-corrected chi connectivity index (χ0v) is 15.6. The van der Waals surface area contributed by atoms with Crippen LogP contribution < -0.4 is 15.5 Å². The minimum atomic E-state index is 0.557. The smallest absolute Gasteiger partial charge is 0.191 e. The Labute approximate surface area is 145 Å². The van der Waals surface area contributed by atoms with Crippen LogP contribution in [0.3, 0.4) is 0 Å². The third-order valence-electron chi connectivity index (χ3n) is 4.28. The van der Waals surface area contributed by atoms with E-state index in [-0.39, 0.29) is 0 Å². The number of nitrogens with one attached hydrogen (secondary N) is 2. The zero-order valence-electron chi connectivity index (χ0n) is 14.8. The number of benzene rings is 1. The van der Waals surface area contributed by atoms with Gasteiger partial charge in [0.1, 0.15) is 0 Å². The average molecular weight is 335 g/mol. The first-order valence-electron chi connectivity index (χ1n) is 8.46. The molecule has 1 fully saturated rings. The SMILES string of the molecule is CCNC(=NCc1ccc(N(C)C)cc1)NC1CCC(SC)C1. The molecule has 5 heteroatoms. The molecule has 23 heavy (non-hydrogen) atoms. The highest BCUT2D eigenvalue weighted by Gasteiger charge is 2.24. The fraction of sp³-hybridized carbons (Fsp3) is 0.611. The quantitative estimate of drug-likeness (QED) is 0.619. The number of nitrogens with zero attached hydrogens (tertiary/aromatic N) is 2. The van der Waals surface area contributed by atoms with Gasteiger partial charge < -0.3 is 15.5 Å². The van der Waals surface area contributed by atoms with Crippen molar-refractivity contribution in [3.63, 3.8) is 0 Å². The molecule has 2 N–H and O–H groups in total. The predicted molar refractivity (Wildman–Crippen MR) is 104 cm³/mol. The highest BCUT2D eigenvalue weighted by Crippen LogP contribution is 2.28. The van der Waals surface area contributed by atoms with E-state index in [2.05, 4.69) is 67.1 Å². The van der Waals surface area contributed by atoms with E-state index in [9.17, 15) is 0 Å². The van der Waals surface area contributed by atoms with E-state index >= 15 is 0 Å². The minimum Gasteiger partial charge on any atom is -0.378 e. The molecule has 1 aliphatic carbocycles. The lowest BCUT2D eigenvalue weighted by Gasteiger charge is -2.17. The van der Waals surface area contributed by atoms with Gasteiger partial charge in [-0.25, -0.2) is 4.99 Å². The zero-order chi connectivity index (χ0) is 16.7. The van der Waals surface area contributed by atoms with Crippen molar-refractivity contribution in [1.29, 1.82) is 0 Å². The van der Waals surface area contributed by atoms with Crippen molar-refractivity contribution >= 4 is 23.4 Å². The summed E-state index contributed by atoms with van der Waals surface area (Å²) < 4.78 is 0. The van der Waals surface area contributed by atoms with E-state index in [4.69, 9.17) is 4.99 Å². The molecular formula is C18H30N4S. The van der Waals surface area contributed by atoms with E-state index in [0.717, 1.165) is 17.8 Å². The maximum Gasteiger partial charge on any atom is 0.191 e. The second-order valence-corrected chi connectivity index (χ2v) is 7.41. The van der Waals surface area contributed by atoms with Crippen LogP contribution in [0.4, 0.5) is 5.69 Å². The molecule has 1 saturated carbocycles. The molecule has 0 spiro atoms. The normalized spacial score (nSPS) is 21.3. The summed E-state index contributed by atoms with van der Waals surface area (Å²) >= 11 is 1.99. The fourth-order valence-electron chi connectivity index (χ4n) is 2.87. The highest BCUT2D eigenvalue weighted by molar-refractivity contribution is 7.99. The molecule has 2 atom stereocenters. The Morgan fingerprint density at radius 1 is 1.26 bits per heavy atom. The van der Waals surface area contributed by atoms with Crippen LogP contribution in [0.15, 0.2) is 29.3 Å². The van der Waals surface area contributed by atoms with Crippen molar-refractivity contribution in [3.05, 3.63) is 29.8 Å². The maximum absolute atomic E-state index is 4.75. The average Bonchev–Trinajstić information content (AvgIpc) is 3.01. The van der Waals surface area contributed by atoms with Crippen molar-refractivity contribution in [3.8, 4) is 0 Å². The molecule has 0 heterocycles. The molecule has 0 amide bonds. The number of anilines is 1. The van der Waals surface area contributed by atoms with Gasteiger partial charge in [0.15, 0.2) is 5.96 Å². The number of thioether (sulfide) groups is 1. The van der Waals surface area contributed by atoms with Crippen LogP contribution >= 0.6 is 11.8 Å². The second-order valence-electron chi connectivity index (χ2n) is 6.27. The van der Waals surface area contributed by atoms with Crippen molar-refractivity contribution < 1.29 is 0 Å². The lowest BCUT2D eigenvalue weighted by atomic mass is 10.2. The van der Waals surface area contributed by atoms with E-state index in [1.54, 1.807) is 0 Å². The van der Waals surface area contributed by atoms with E-state index in [0.29, 0.717) is 12.6 Å². The molecule has 1 aromatic carbocycles. The number of guanidine groups is 1. The summed E-state index contributed by atoms with van der Waals surface area (Å²) in [5.74, 6) is 0.941. The lowest BCUT2D eigenvalue weighted by Crippen LogP contribution is -2.42. The molecule has 0 bridgehead atoms. The molecule has 4 nitrogen and oxygen atoms in total. The maximum atomic E-state index is 4.75. The molecule has 1 aliphatic rings. The van der Waals surface area contributed by atoms with Gasteiger partial charge in [-0.1, -0.05) is 12.1 Å². The van der Waals surface area contributed by atoms with Crippen LogP contribution in [0.2, 0.25) is 0 Å². The molecule has 2 unspecified atom stereocenters. The molecule has 0 aromatic heterocycles. The molecule has 1 aromatic rings. The molecular weight excluding hydrogens is 304 g/mol. The molecule has 0 aliphatic heterocycles. The van der Waals surface area contributed by atoms with E-state index in [1.165, 1.54) is 30.5 Å². The van der Waals surface area contributed by atoms with Crippen LogP contribution in [0.1, 0.15) is 31.7 Å². The highest BCUT2D eigenvalue weighted by atomic mass is 32.2. The van der Waals surface area contributed by atoms with Gasteiger partial charge in [0.25, 0.3) is 0 Å². The van der Waals surface area contributed by atoms with Crippen molar-refractivity contribution in [2.75, 3.05) is 31.8 Å². The Morgan fingerprint density at radius 2 is 2.00 bits per heavy atom. The van der Waals surface area contributed by atoms with Gasteiger partial charge >= 0.3 is 0 Å². The molecule has 0 radical (unpaired) electrons. The monoisotopic (exact) mass is 334 g/mol. The van der Waals surface area contributed by atoms with E-state index < -0.39 is 0 Å². The van der Waals surface area contributed by atoms with Gasteiger partial charge in [0.2, 0.25) is 0 Å². The Kier molecular flexibility index (Phi) is 7.09. The first-order chi connectivity index (χ1) is 11.1. The number of rotatable bonds is 6. The number of aliphatic imine (C=N–C) groups is 1. The summed E-state index contributed by atoms with van der Waals surface area (Å²) in [5, 5.41) is 7.76. The molecule has 0 saturated heterocycles. The number of hydrogen-bond acceptors (Lipinski definition) is 3. The summed E-state index contributed by atoms with van der Waals surface area (Å²) in [6.07, 6.45) is 6.00.